The standard InChI is InChI=1S/C23H19N3O6S/c1-13-19(22(28)32-3)20(15-7-9-17(31-2)10-8-15)25-21(27)18(33-23(25)24-13)12-14-5-4-6-16(11-14)26(29)30/h4-12,20H,1-3H3/b18-12+/t20-/m0/s1. The van der Waals surface area contributed by atoms with E-state index in [2.05, 4.69) is 4.99 Å². The zero-order valence-electron chi connectivity index (χ0n) is 18.0. The van der Waals surface area contributed by atoms with E-state index in [0.717, 1.165) is 11.3 Å². The number of methoxy groups -OCH3 is 2. The number of thiazole rings is 1. The second-order valence-electron chi connectivity index (χ2n) is 7.20. The molecule has 0 amide bonds. The van der Waals surface area contributed by atoms with Crippen LogP contribution in [0.2, 0.25) is 0 Å². The first-order valence-corrected chi connectivity index (χ1v) is 10.6. The lowest BCUT2D eigenvalue weighted by Gasteiger charge is -2.24. The first kappa shape index (κ1) is 22.2. The van der Waals surface area contributed by atoms with Gasteiger partial charge < -0.3 is 9.47 Å². The van der Waals surface area contributed by atoms with Crippen LogP contribution in [-0.2, 0) is 9.53 Å². The number of ether oxygens (including phenoxy) is 2. The van der Waals surface area contributed by atoms with Crippen molar-refractivity contribution in [3.63, 3.8) is 0 Å². The summed E-state index contributed by atoms with van der Waals surface area (Å²) < 4.78 is 12.0. The van der Waals surface area contributed by atoms with Crippen LogP contribution in [-0.4, -0.2) is 29.7 Å². The van der Waals surface area contributed by atoms with Crippen molar-refractivity contribution in [1.29, 1.82) is 0 Å². The zero-order chi connectivity index (χ0) is 23.7. The van der Waals surface area contributed by atoms with Gasteiger partial charge in [0.25, 0.3) is 11.2 Å². The summed E-state index contributed by atoms with van der Waals surface area (Å²) in [6.07, 6.45) is 1.58. The summed E-state index contributed by atoms with van der Waals surface area (Å²) in [5.74, 6) is 0.0576. The molecule has 0 bridgehead atoms. The highest BCUT2D eigenvalue weighted by Gasteiger charge is 2.33. The smallest absolute Gasteiger partial charge is 0.338 e. The van der Waals surface area contributed by atoms with E-state index < -0.39 is 16.9 Å². The summed E-state index contributed by atoms with van der Waals surface area (Å²) >= 11 is 1.15. The Morgan fingerprint density at radius 2 is 1.94 bits per heavy atom. The molecule has 0 radical (unpaired) electrons. The highest BCUT2D eigenvalue weighted by atomic mass is 32.1. The van der Waals surface area contributed by atoms with Crippen LogP contribution in [0.25, 0.3) is 6.08 Å². The van der Waals surface area contributed by atoms with E-state index >= 15 is 0 Å². The summed E-state index contributed by atoms with van der Waals surface area (Å²) in [6.45, 7) is 1.69. The number of hydrogen-bond acceptors (Lipinski definition) is 8. The molecule has 2 aromatic carbocycles. The number of benzene rings is 2. The summed E-state index contributed by atoms with van der Waals surface area (Å²) in [7, 11) is 2.83. The molecule has 1 aromatic heterocycles. The molecule has 33 heavy (non-hydrogen) atoms. The van der Waals surface area contributed by atoms with Crippen LogP contribution in [0.3, 0.4) is 0 Å². The van der Waals surface area contributed by atoms with Crippen molar-refractivity contribution >= 4 is 29.1 Å². The highest BCUT2D eigenvalue weighted by molar-refractivity contribution is 7.07. The normalized spacial score (nSPS) is 15.6. The maximum Gasteiger partial charge on any atom is 0.338 e. The Morgan fingerprint density at radius 3 is 2.58 bits per heavy atom. The maximum atomic E-state index is 13.5. The number of hydrogen-bond donors (Lipinski definition) is 0. The van der Waals surface area contributed by atoms with E-state index in [0.29, 0.717) is 31.9 Å². The molecule has 9 nitrogen and oxygen atoms in total. The van der Waals surface area contributed by atoms with Gasteiger partial charge in [-0.2, -0.15) is 0 Å². The van der Waals surface area contributed by atoms with Gasteiger partial charge in [-0.25, -0.2) is 9.79 Å². The molecule has 0 spiro atoms. The predicted octanol–water partition coefficient (Wildman–Crippen LogP) is 2.33. The number of nitrogens with zero attached hydrogens (tertiary/aromatic N) is 3. The third-order valence-electron chi connectivity index (χ3n) is 5.24. The van der Waals surface area contributed by atoms with Gasteiger partial charge in [0.15, 0.2) is 4.80 Å². The van der Waals surface area contributed by atoms with Crippen LogP contribution < -0.4 is 19.6 Å². The third-order valence-corrected chi connectivity index (χ3v) is 6.22. The lowest BCUT2D eigenvalue weighted by atomic mass is 9.96. The van der Waals surface area contributed by atoms with Crippen molar-refractivity contribution in [2.75, 3.05) is 14.2 Å². The lowest BCUT2D eigenvalue weighted by Crippen LogP contribution is -2.39. The largest absolute Gasteiger partial charge is 0.497 e. The summed E-state index contributed by atoms with van der Waals surface area (Å²) in [5, 5.41) is 11.1. The van der Waals surface area contributed by atoms with E-state index in [1.54, 1.807) is 56.5 Å². The molecule has 1 aliphatic heterocycles. The second kappa shape index (κ2) is 8.83. The Morgan fingerprint density at radius 1 is 1.21 bits per heavy atom. The van der Waals surface area contributed by atoms with Crippen LogP contribution in [0, 0.1) is 10.1 Å². The molecule has 1 atom stereocenters. The van der Waals surface area contributed by atoms with Gasteiger partial charge in [0.1, 0.15) is 5.75 Å². The fourth-order valence-corrected chi connectivity index (χ4v) is 4.72. The molecule has 0 fully saturated rings. The molecule has 3 aromatic rings. The first-order chi connectivity index (χ1) is 15.8. The summed E-state index contributed by atoms with van der Waals surface area (Å²) in [6, 6.07) is 12.3. The van der Waals surface area contributed by atoms with Crippen molar-refractivity contribution in [1.82, 2.24) is 4.57 Å². The molecular weight excluding hydrogens is 446 g/mol. The number of carbonyl (C=O) groups excluding carboxylic acids is 1. The van der Waals surface area contributed by atoms with Crippen LogP contribution in [0.1, 0.15) is 24.1 Å². The van der Waals surface area contributed by atoms with Gasteiger partial charge in [-0.3, -0.25) is 19.5 Å². The summed E-state index contributed by atoms with van der Waals surface area (Å²) in [4.78, 5) is 41.6. The number of nitro benzene ring substituents is 1. The van der Waals surface area contributed by atoms with E-state index in [4.69, 9.17) is 9.47 Å². The number of rotatable bonds is 5. The molecule has 0 saturated heterocycles. The predicted molar refractivity (Wildman–Crippen MR) is 122 cm³/mol. The zero-order valence-corrected chi connectivity index (χ0v) is 18.8. The average molecular weight is 465 g/mol. The van der Waals surface area contributed by atoms with Gasteiger partial charge in [-0.1, -0.05) is 35.6 Å². The average Bonchev–Trinajstić information content (AvgIpc) is 3.12. The lowest BCUT2D eigenvalue weighted by molar-refractivity contribution is -0.384. The number of esters is 1. The van der Waals surface area contributed by atoms with Gasteiger partial charge in [-0.15, -0.1) is 0 Å². The van der Waals surface area contributed by atoms with E-state index in [9.17, 15) is 19.7 Å². The van der Waals surface area contributed by atoms with Gasteiger partial charge in [0, 0.05) is 12.1 Å². The molecular formula is C23H19N3O6S. The maximum absolute atomic E-state index is 13.5. The fourth-order valence-electron chi connectivity index (χ4n) is 3.67. The van der Waals surface area contributed by atoms with Crippen LogP contribution in [0.5, 0.6) is 5.75 Å². The quantitative estimate of drug-likeness (QED) is 0.325. The SMILES string of the molecule is COC(=O)C1=C(C)N=c2s/c(=C/c3cccc([N+](=O)[O-])c3)c(=O)n2[C@H]1c1ccc(OC)cc1. The van der Waals surface area contributed by atoms with Crippen molar-refractivity contribution in [3.05, 3.63) is 101 Å². The van der Waals surface area contributed by atoms with Crippen LogP contribution in [0.15, 0.2) is 69.6 Å². The van der Waals surface area contributed by atoms with E-state index in [1.165, 1.54) is 23.8 Å². The topological polar surface area (TPSA) is 113 Å². The Bertz CT molecular complexity index is 1470. The van der Waals surface area contributed by atoms with Gasteiger partial charge in [-0.05, 0) is 36.3 Å². The van der Waals surface area contributed by atoms with Gasteiger partial charge in [0.2, 0.25) is 0 Å². The van der Waals surface area contributed by atoms with E-state index in [1.807, 2.05) is 0 Å². The Balaban J connectivity index is 1.94. The number of nitro groups is 1. The van der Waals surface area contributed by atoms with Crippen LogP contribution >= 0.6 is 11.3 Å². The van der Waals surface area contributed by atoms with E-state index in [-0.39, 0.29) is 16.8 Å². The minimum atomic E-state index is -0.744. The number of aromatic nitrogens is 1. The number of allylic oxidation sites excluding steroid dienone is 1. The highest BCUT2D eigenvalue weighted by Crippen LogP contribution is 2.31. The van der Waals surface area contributed by atoms with Crippen molar-refractivity contribution in [2.45, 2.75) is 13.0 Å². The van der Waals surface area contributed by atoms with Crippen molar-refractivity contribution < 1.29 is 19.2 Å². The fraction of sp³-hybridized carbons (Fsp3) is 0.174. The molecule has 0 N–H and O–H groups in total. The monoisotopic (exact) mass is 465 g/mol. The molecule has 1 aliphatic rings. The first-order valence-electron chi connectivity index (χ1n) is 9.83. The van der Waals surface area contributed by atoms with Crippen molar-refractivity contribution in [2.24, 2.45) is 4.99 Å². The Kier molecular flexibility index (Phi) is 5.93. The molecule has 0 unspecified atom stereocenters. The van der Waals surface area contributed by atoms with Gasteiger partial charge in [0.05, 0.1) is 41.0 Å². The van der Waals surface area contributed by atoms with Gasteiger partial charge >= 0.3 is 5.97 Å². The molecule has 0 saturated carbocycles. The minimum Gasteiger partial charge on any atom is -0.497 e. The number of non-ortho nitro benzene ring substituents is 1. The number of fused-ring (bicyclic) bond motifs is 1. The van der Waals surface area contributed by atoms with Crippen LogP contribution in [0.4, 0.5) is 5.69 Å². The van der Waals surface area contributed by atoms with Crippen molar-refractivity contribution in [3.8, 4) is 5.75 Å². The molecule has 0 aliphatic carbocycles. The molecule has 10 heteroatoms. The minimum absolute atomic E-state index is 0.0727. The Labute approximate surface area is 191 Å². The summed E-state index contributed by atoms with van der Waals surface area (Å²) in [5.41, 5.74) is 1.48. The molecule has 2 heterocycles. The molecule has 4 rings (SSSR count). The third kappa shape index (κ3) is 4.08. The second-order valence-corrected chi connectivity index (χ2v) is 8.21. The number of carbonyl (C=O) groups is 1. The molecule has 168 valence electrons. The Hall–Kier alpha value is -4.05.